The fraction of sp³-hybridized carbons (Fsp3) is 0.700. The SMILES string of the molecule is CN(C)c1nc(Cl)nc(OCCC2CC2)n1. The third-order valence-corrected chi connectivity index (χ3v) is 2.60. The number of halogens is 1. The van der Waals surface area contributed by atoms with Crippen LogP contribution in [0.5, 0.6) is 6.01 Å². The second kappa shape index (κ2) is 4.82. The zero-order valence-electron chi connectivity index (χ0n) is 9.48. The lowest BCUT2D eigenvalue weighted by molar-refractivity contribution is 0.278. The lowest BCUT2D eigenvalue weighted by Gasteiger charge is -2.11. The average Bonchev–Trinajstić information content (AvgIpc) is 3.01. The first kappa shape index (κ1) is 11.4. The van der Waals surface area contributed by atoms with Gasteiger partial charge in [-0.25, -0.2) is 0 Å². The van der Waals surface area contributed by atoms with E-state index in [9.17, 15) is 0 Å². The van der Waals surface area contributed by atoms with Crippen molar-refractivity contribution < 1.29 is 4.74 Å². The van der Waals surface area contributed by atoms with E-state index >= 15 is 0 Å². The number of anilines is 1. The number of hydrogen-bond donors (Lipinski definition) is 0. The minimum absolute atomic E-state index is 0.167. The van der Waals surface area contributed by atoms with Gasteiger partial charge in [-0.2, -0.15) is 15.0 Å². The van der Waals surface area contributed by atoms with E-state index < -0.39 is 0 Å². The van der Waals surface area contributed by atoms with Gasteiger partial charge in [0, 0.05) is 14.1 Å². The molecule has 0 aliphatic heterocycles. The monoisotopic (exact) mass is 242 g/mol. The summed E-state index contributed by atoms with van der Waals surface area (Å²) in [6, 6.07) is 0.310. The molecule has 6 heteroatoms. The highest BCUT2D eigenvalue weighted by atomic mass is 35.5. The van der Waals surface area contributed by atoms with Crippen LogP contribution >= 0.6 is 11.6 Å². The van der Waals surface area contributed by atoms with Gasteiger partial charge in [0.15, 0.2) is 0 Å². The summed E-state index contributed by atoms with van der Waals surface area (Å²) in [7, 11) is 3.69. The van der Waals surface area contributed by atoms with Crippen molar-refractivity contribution in [2.24, 2.45) is 5.92 Å². The van der Waals surface area contributed by atoms with Gasteiger partial charge in [0.2, 0.25) is 11.2 Å². The Morgan fingerprint density at radius 1 is 1.31 bits per heavy atom. The van der Waals surface area contributed by atoms with Crippen LogP contribution in [0.2, 0.25) is 5.28 Å². The van der Waals surface area contributed by atoms with Crippen molar-refractivity contribution in [1.82, 2.24) is 15.0 Å². The Morgan fingerprint density at radius 2 is 2.06 bits per heavy atom. The van der Waals surface area contributed by atoms with Crippen LogP contribution in [-0.4, -0.2) is 35.7 Å². The molecule has 1 aliphatic rings. The van der Waals surface area contributed by atoms with Gasteiger partial charge in [-0.15, -0.1) is 0 Å². The van der Waals surface area contributed by atoms with Crippen molar-refractivity contribution in [1.29, 1.82) is 0 Å². The van der Waals surface area contributed by atoms with Crippen molar-refractivity contribution in [3.63, 3.8) is 0 Å². The smallest absolute Gasteiger partial charge is 0.322 e. The van der Waals surface area contributed by atoms with Crippen molar-refractivity contribution in [2.45, 2.75) is 19.3 Å². The van der Waals surface area contributed by atoms with Gasteiger partial charge in [0.1, 0.15) is 0 Å². The van der Waals surface area contributed by atoms with Crippen LogP contribution < -0.4 is 9.64 Å². The fourth-order valence-electron chi connectivity index (χ4n) is 1.31. The van der Waals surface area contributed by atoms with Crippen LogP contribution in [0.4, 0.5) is 5.95 Å². The number of ether oxygens (including phenoxy) is 1. The van der Waals surface area contributed by atoms with Gasteiger partial charge in [0.25, 0.3) is 0 Å². The third kappa shape index (κ3) is 3.20. The maximum Gasteiger partial charge on any atom is 0.322 e. The van der Waals surface area contributed by atoms with E-state index in [1.165, 1.54) is 12.8 Å². The number of hydrogen-bond acceptors (Lipinski definition) is 5. The quantitative estimate of drug-likeness (QED) is 0.788. The van der Waals surface area contributed by atoms with Gasteiger partial charge < -0.3 is 9.64 Å². The van der Waals surface area contributed by atoms with Crippen molar-refractivity contribution >= 4 is 17.5 Å². The molecule has 1 fully saturated rings. The summed E-state index contributed by atoms with van der Waals surface area (Å²) in [4.78, 5) is 13.8. The number of nitrogens with zero attached hydrogens (tertiary/aromatic N) is 4. The molecule has 5 nitrogen and oxygen atoms in total. The Hall–Kier alpha value is -1.10. The normalized spacial score (nSPS) is 14.9. The molecule has 88 valence electrons. The van der Waals surface area contributed by atoms with E-state index in [0.29, 0.717) is 18.6 Å². The summed E-state index contributed by atoms with van der Waals surface area (Å²) in [6.45, 7) is 0.651. The van der Waals surface area contributed by atoms with Crippen LogP contribution in [0.1, 0.15) is 19.3 Å². The van der Waals surface area contributed by atoms with E-state index in [0.717, 1.165) is 12.3 Å². The minimum atomic E-state index is 0.167. The summed E-state index contributed by atoms with van der Waals surface area (Å²) < 4.78 is 5.46. The second-order valence-electron chi connectivity index (χ2n) is 4.16. The summed E-state index contributed by atoms with van der Waals surface area (Å²) >= 11 is 5.78. The molecular weight excluding hydrogens is 228 g/mol. The Balaban J connectivity index is 1.95. The zero-order chi connectivity index (χ0) is 11.5. The first-order chi connectivity index (χ1) is 7.65. The van der Waals surface area contributed by atoms with Gasteiger partial charge >= 0.3 is 6.01 Å². The predicted molar refractivity (Wildman–Crippen MR) is 62.0 cm³/mol. The topological polar surface area (TPSA) is 51.1 Å². The summed E-state index contributed by atoms with van der Waals surface area (Å²) in [5, 5.41) is 0.167. The molecule has 0 radical (unpaired) electrons. The highest BCUT2D eigenvalue weighted by Crippen LogP contribution is 2.32. The number of aromatic nitrogens is 3. The molecule has 1 aromatic heterocycles. The Morgan fingerprint density at radius 3 is 2.69 bits per heavy atom. The van der Waals surface area contributed by atoms with Crippen molar-refractivity contribution in [2.75, 3.05) is 25.6 Å². The molecule has 0 atom stereocenters. The molecule has 0 spiro atoms. The largest absolute Gasteiger partial charge is 0.463 e. The molecule has 1 aliphatic carbocycles. The van der Waals surface area contributed by atoms with Gasteiger partial charge in [-0.1, -0.05) is 12.8 Å². The summed E-state index contributed by atoms with van der Waals surface area (Å²) in [5.74, 6) is 1.35. The molecule has 0 unspecified atom stereocenters. The summed E-state index contributed by atoms with van der Waals surface area (Å²) in [6.07, 6.45) is 3.72. The van der Waals surface area contributed by atoms with Crippen LogP contribution in [-0.2, 0) is 0 Å². The Labute approximate surface area is 99.8 Å². The molecule has 1 heterocycles. The molecule has 1 saturated carbocycles. The molecule has 1 aromatic rings. The zero-order valence-corrected chi connectivity index (χ0v) is 10.2. The first-order valence-corrected chi connectivity index (χ1v) is 5.74. The van der Waals surface area contributed by atoms with E-state index in [1.54, 1.807) is 4.90 Å². The highest BCUT2D eigenvalue weighted by molar-refractivity contribution is 6.28. The highest BCUT2D eigenvalue weighted by Gasteiger charge is 2.21. The van der Waals surface area contributed by atoms with Crippen LogP contribution in [0.3, 0.4) is 0 Å². The van der Waals surface area contributed by atoms with E-state index in [-0.39, 0.29) is 5.28 Å². The molecule has 2 rings (SSSR count). The second-order valence-corrected chi connectivity index (χ2v) is 4.50. The van der Waals surface area contributed by atoms with Crippen molar-refractivity contribution in [3.8, 4) is 6.01 Å². The third-order valence-electron chi connectivity index (χ3n) is 2.43. The molecular formula is C10H15ClN4O. The lowest BCUT2D eigenvalue weighted by atomic mass is 10.3. The van der Waals surface area contributed by atoms with E-state index in [1.807, 2.05) is 14.1 Å². The maximum absolute atomic E-state index is 5.78. The van der Waals surface area contributed by atoms with Crippen LogP contribution in [0.25, 0.3) is 0 Å². The molecule has 0 aromatic carbocycles. The van der Waals surface area contributed by atoms with Gasteiger partial charge in [0.05, 0.1) is 6.61 Å². The molecule has 0 saturated heterocycles. The predicted octanol–water partition coefficient (Wildman–Crippen LogP) is 1.77. The maximum atomic E-state index is 5.78. The Bertz CT molecular complexity index is 368. The van der Waals surface area contributed by atoms with Crippen molar-refractivity contribution in [3.05, 3.63) is 5.28 Å². The van der Waals surface area contributed by atoms with E-state index in [4.69, 9.17) is 16.3 Å². The molecule has 0 bridgehead atoms. The van der Waals surface area contributed by atoms with E-state index in [2.05, 4.69) is 15.0 Å². The molecule has 16 heavy (non-hydrogen) atoms. The lowest BCUT2D eigenvalue weighted by Crippen LogP contribution is -2.14. The minimum Gasteiger partial charge on any atom is -0.463 e. The van der Waals surface area contributed by atoms with Gasteiger partial charge in [-0.05, 0) is 23.9 Å². The van der Waals surface area contributed by atoms with Crippen LogP contribution in [0, 0.1) is 5.92 Å². The molecule has 0 N–H and O–H groups in total. The Kier molecular flexibility index (Phi) is 3.43. The first-order valence-electron chi connectivity index (χ1n) is 5.37. The number of rotatable bonds is 5. The standard InChI is InChI=1S/C10H15ClN4O/c1-15(2)9-12-8(11)13-10(14-9)16-6-5-7-3-4-7/h7H,3-6H2,1-2H3. The average molecular weight is 243 g/mol. The summed E-state index contributed by atoms with van der Waals surface area (Å²) in [5.41, 5.74) is 0. The van der Waals surface area contributed by atoms with Gasteiger partial charge in [-0.3, -0.25) is 0 Å². The van der Waals surface area contributed by atoms with Crippen LogP contribution in [0.15, 0.2) is 0 Å². The molecule has 0 amide bonds. The fourth-order valence-corrected chi connectivity index (χ4v) is 1.46.